The lowest BCUT2D eigenvalue weighted by atomic mass is 9.84. The highest BCUT2D eigenvalue weighted by Crippen LogP contribution is 2.26. The number of rotatable bonds is 4. The third-order valence-corrected chi connectivity index (χ3v) is 4.49. The molecular weight excluding hydrogens is 196 g/mol. The summed E-state index contributed by atoms with van der Waals surface area (Å²) in [4.78, 5) is 0. The first-order chi connectivity index (χ1) is 7.88. The van der Waals surface area contributed by atoms with Crippen LogP contribution in [0.2, 0.25) is 0 Å². The summed E-state index contributed by atoms with van der Waals surface area (Å²) in [5, 5.41) is 7.39. The number of nitrogens with one attached hydrogen (secondary N) is 2. The minimum absolute atomic E-state index is 0.748. The SMILES string of the molecule is CCC1CCC(NCC2CCCCN2)CC1. The van der Waals surface area contributed by atoms with Gasteiger partial charge in [-0.2, -0.15) is 0 Å². The Morgan fingerprint density at radius 3 is 2.50 bits per heavy atom. The van der Waals surface area contributed by atoms with Gasteiger partial charge < -0.3 is 10.6 Å². The zero-order valence-electron chi connectivity index (χ0n) is 10.8. The average molecular weight is 224 g/mol. The van der Waals surface area contributed by atoms with Gasteiger partial charge in [0.1, 0.15) is 0 Å². The summed E-state index contributed by atoms with van der Waals surface area (Å²) in [6.45, 7) is 4.76. The summed E-state index contributed by atoms with van der Waals surface area (Å²) in [5.41, 5.74) is 0. The predicted octanol–water partition coefficient (Wildman–Crippen LogP) is 2.69. The van der Waals surface area contributed by atoms with Crippen molar-refractivity contribution in [2.75, 3.05) is 13.1 Å². The molecule has 1 saturated carbocycles. The van der Waals surface area contributed by atoms with Crippen molar-refractivity contribution >= 4 is 0 Å². The van der Waals surface area contributed by atoms with Gasteiger partial charge in [0.25, 0.3) is 0 Å². The van der Waals surface area contributed by atoms with E-state index in [-0.39, 0.29) is 0 Å². The largest absolute Gasteiger partial charge is 0.313 e. The molecule has 0 amide bonds. The Bertz CT molecular complexity index is 179. The highest BCUT2D eigenvalue weighted by atomic mass is 15.0. The Kier molecular flexibility index (Phi) is 5.11. The normalized spacial score (nSPS) is 36.2. The standard InChI is InChI=1S/C14H28N2/c1-2-12-6-8-13(9-7-12)16-11-14-5-3-4-10-15-14/h12-16H,2-11H2,1H3. The molecule has 2 aliphatic rings. The first-order valence-electron chi connectivity index (χ1n) is 7.35. The topological polar surface area (TPSA) is 24.1 Å². The zero-order valence-corrected chi connectivity index (χ0v) is 10.8. The van der Waals surface area contributed by atoms with Crippen LogP contribution in [0.25, 0.3) is 0 Å². The first-order valence-corrected chi connectivity index (χ1v) is 7.35. The summed E-state index contributed by atoms with van der Waals surface area (Å²) >= 11 is 0. The molecular formula is C14H28N2. The lowest BCUT2D eigenvalue weighted by Crippen LogP contribution is -2.45. The maximum Gasteiger partial charge on any atom is 0.0192 e. The van der Waals surface area contributed by atoms with Crippen LogP contribution in [-0.4, -0.2) is 25.2 Å². The molecule has 2 rings (SSSR count). The summed E-state index contributed by atoms with van der Waals surface area (Å²) < 4.78 is 0. The van der Waals surface area contributed by atoms with Gasteiger partial charge >= 0.3 is 0 Å². The molecule has 1 aliphatic carbocycles. The molecule has 0 aromatic heterocycles. The molecule has 1 aliphatic heterocycles. The van der Waals surface area contributed by atoms with E-state index in [9.17, 15) is 0 Å². The monoisotopic (exact) mass is 224 g/mol. The summed E-state index contributed by atoms with van der Waals surface area (Å²) in [6.07, 6.45) is 11.3. The number of hydrogen-bond acceptors (Lipinski definition) is 2. The maximum absolute atomic E-state index is 3.77. The second-order valence-electron chi connectivity index (χ2n) is 5.68. The van der Waals surface area contributed by atoms with Crippen molar-refractivity contribution in [1.29, 1.82) is 0 Å². The fraction of sp³-hybridized carbons (Fsp3) is 1.00. The molecule has 0 spiro atoms. The third kappa shape index (κ3) is 3.74. The van der Waals surface area contributed by atoms with Crippen LogP contribution in [0.15, 0.2) is 0 Å². The van der Waals surface area contributed by atoms with E-state index in [0.717, 1.165) is 18.0 Å². The fourth-order valence-electron chi connectivity index (χ4n) is 3.18. The predicted molar refractivity (Wildman–Crippen MR) is 69.7 cm³/mol. The second-order valence-corrected chi connectivity index (χ2v) is 5.68. The Morgan fingerprint density at radius 1 is 1.06 bits per heavy atom. The van der Waals surface area contributed by atoms with Crippen LogP contribution in [0.1, 0.15) is 58.3 Å². The molecule has 1 saturated heterocycles. The van der Waals surface area contributed by atoms with Crippen LogP contribution in [0.3, 0.4) is 0 Å². The van der Waals surface area contributed by atoms with Crippen LogP contribution in [0, 0.1) is 5.92 Å². The van der Waals surface area contributed by atoms with Gasteiger partial charge in [0, 0.05) is 18.6 Å². The Balaban J connectivity index is 1.59. The van der Waals surface area contributed by atoms with Crippen molar-refractivity contribution in [3.63, 3.8) is 0 Å². The quantitative estimate of drug-likeness (QED) is 0.767. The van der Waals surface area contributed by atoms with Gasteiger partial charge in [0.2, 0.25) is 0 Å². The van der Waals surface area contributed by atoms with Crippen molar-refractivity contribution in [2.24, 2.45) is 5.92 Å². The third-order valence-electron chi connectivity index (χ3n) is 4.49. The van der Waals surface area contributed by atoms with Crippen LogP contribution in [-0.2, 0) is 0 Å². The molecule has 2 heteroatoms. The average Bonchev–Trinajstić information content (AvgIpc) is 2.38. The van der Waals surface area contributed by atoms with E-state index in [1.807, 2.05) is 0 Å². The molecule has 1 unspecified atom stereocenters. The van der Waals surface area contributed by atoms with Crippen molar-refractivity contribution < 1.29 is 0 Å². The molecule has 1 heterocycles. The van der Waals surface area contributed by atoms with E-state index in [1.54, 1.807) is 0 Å². The minimum atomic E-state index is 0.748. The second kappa shape index (κ2) is 6.61. The van der Waals surface area contributed by atoms with Crippen LogP contribution >= 0.6 is 0 Å². The molecule has 16 heavy (non-hydrogen) atoms. The van der Waals surface area contributed by atoms with Gasteiger partial charge in [-0.1, -0.05) is 19.8 Å². The van der Waals surface area contributed by atoms with Gasteiger partial charge in [0.15, 0.2) is 0 Å². The highest BCUT2D eigenvalue weighted by Gasteiger charge is 2.20. The molecule has 94 valence electrons. The lowest BCUT2D eigenvalue weighted by molar-refractivity contribution is 0.272. The lowest BCUT2D eigenvalue weighted by Gasteiger charge is -2.31. The van der Waals surface area contributed by atoms with Gasteiger partial charge in [-0.25, -0.2) is 0 Å². The molecule has 2 fully saturated rings. The van der Waals surface area contributed by atoms with Gasteiger partial charge in [0.05, 0.1) is 0 Å². The van der Waals surface area contributed by atoms with Crippen molar-refractivity contribution in [3.8, 4) is 0 Å². The van der Waals surface area contributed by atoms with Gasteiger partial charge in [-0.3, -0.25) is 0 Å². The zero-order chi connectivity index (χ0) is 11.2. The van der Waals surface area contributed by atoms with Gasteiger partial charge in [-0.05, 0) is 51.0 Å². The van der Waals surface area contributed by atoms with Crippen molar-refractivity contribution in [3.05, 3.63) is 0 Å². The van der Waals surface area contributed by atoms with E-state index >= 15 is 0 Å². The van der Waals surface area contributed by atoms with Crippen molar-refractivity contribution in [2.45, 2.75) is 70.4 Å². The first kappa shape index (κ1) is 12.4. The van der Waals surface area contributed by atoms with Crippen LogP contribution in [0.5, 0.6) is 0 Å². The Hall–Kier alpha value is -0.0800. The molecule has 0 bridgehead atoms. The van der Waals surface area contributed by atoms with E-state index in [0.29, 0.717) is 0 Å². The number of piperidine rings is 1. The summed E-state index contributed by atoms with van der Waals surface area (Å²) in [5.74, 6) is 1.02. The minimum Gasteiger partial charge on any atom is -0.313 e. The molecule has 2 nitrogen and oxygen atoms in total. The number of hydrogen-bond donors (Lipinski definition) is 2. The van der Waals surface area contributed by atoms with Crippen LogP contribution in [0.4, 0.5) is 0 Å². The molecule has 0 aromatic carbocycles. The highest BCUT2D eigenvalue weighted by molar-refractivity contribution is 4.80. The summed E-state index contributed by atoms with van der Waals surface area (Å²) in [7, 11) is 0. The molecule has 1 atom stereocenters. The van der Waals surface area contributed by atoms with Crippen LogP contribution < -0.4 is 10.6 Å². The molecule has 0 radical (unpaired) electrons. The van der Waals surface area contributed by atoms with Gasteiger partial charge in [-0.15, -0.1) is 0 Å². The fourth-order valence-corrected chi connectivity index (χ4v) is 3.18. The molecule has 0 aromatic rings. The van der Waals surface area contributed by atoms with E-state index < -0.39 is 0 Å². The summed E-state index contributed by atoms with van der Waals surface area (Å²) in [6, 6.07) is 1.56. The van der Waals surface area contributed by atoms with E-state index in [1.165, 1.54) is 64.5 Å². The van der Waals surface area contributed by atoms with Crippen molar-refractivity contribution in [1.82, 2.24) is 10.6 Å². The smallest absolute Gasteiger partial charge is 0.0192 e. The maximum atomic E-state index is 3.77. The van der Waals surface area contributed by atoms with E-state index in [2.05, 4.69) is 17.6 Å². The Labute approximate surface area is 101 Å². The Morgan fingerprint density at radius 2 is 1.88 bits per heavy atom. The van der Waals surface area contributed by atoms with E-state index in [4.69, 9.17) is 0 Å². The molecule has 2 N–H and O–H groups in total.